The Morgan fingerprint density at radius 2 is 1.82 bits per heavy atom. The van der Waals surface area contributed by atoms with Crippen LogP contribution in [0.25, 0.3) is 0 Å². The van der Waals surface area contributed by atoms with E-state index in [4.69, 9.17) is 6.42 Å². The summed E-state index contributed by atoms with van der Waals surface area (Å²) in [4.78, 5) is 14.5. The SMILES string of the molecule is C#CCN(C(=O)CCc1ccc(CC)cc1)C1CCCCC1. The first-order chi connectivity index (χ1) is 10.7. The monoisotopic (exact) mass is 297 g/mol. The number of nitrogens with zero attached hydrogens (tertiary/aromatic N) is 1. The molecule has 1 fully saturated rings. The molecule has 1 aliphatic rings. The van der Waals surface area contributed by atoms with Gasteiger partial charge in [-0.1, -0.05) is 56.4 Å². The standard InChI is InChI=1S/C20H27NO/c1-3-16-21(19-8-6-5-7-9-19)20(22)15-14-18-12-10-17(4-2)11-13-18/h1,10-13,19H,4-9,14-16H2,2H3. The quantitative estimate of drug-likeness (QED) is 0.727. The molecule has 0 heterocycles. The minimum absolute atomic E-state index is 0.212. The minimum atomic E-state index is 0.212. The lowest BCUT2D eigenvalue weighted by atomic mass is 9.93. The van der Waals surface area contributed by atoms with E-state index in [0.717, 1.165) is 25.7 Å². The molecule has 0 unspecified atom stereocenters. The van der Waals surface area contributed by atoms with Gasteiger partial charge in [0.05, 0.1) is 6.54 Å². The molecular formula is C20H27NO. The molecule has 22 heavy (non-hydrogen) atoms. The lowest BCUT2D eigenvalue weighted by Gasteiger charge is -2.33. The van der Waals surface area contributed by atoms with Crippen LogP contribution in [0, 0.1) is 12.3 Å². The molecule has 2 rings (SSSR count). The van der Waals surface area contributed by atoms with Crippen LogP contribution >= 0.6 is 0 Å². The molecule has 0 atom stereocenters. The molecular weight excluding hydrogens is 270 g/mol. The Hall–Kier alpha value is -1.75. The van der Waals surface area contributed by atoms with Gasteiger partial charge < -0.3 is 4.90 Å². The molecule has 2 nitrogen and oxygen atoms in total. The number of carbonyl (C=O) groups is 1. The molecule has 0 bridgehead atoms. The van der Waals surface area contributed by atoms with E-state index in [-0.39, 0.29) is 5.91 Å². The zero-order valence-electron chi connectivity index (χ0n) is 13.7. The topological polar surface area (TPSA) is 20.3 Å². The number of carbonyl (C=O) groups excluding carboxylic acids is 1. The summed E-state index contributed by atoms with van der Waals surface area (Å²) in [6.07, 6.45) is 13.8. The maximum atomic E-state index is 12.6. The number of hydrogen-bond acceptors (Lipinski definition) is 1. The van der Waals surface area contributed by atoms with Crippen molar-refractivity contribution in [2.24, 2.45) is 0 Å². The highest BCUT2D eigenvalue weighted by Gasteiger charge is 2.24. The largest absolute Gasteiger partial charge is 0.329 e. The number of rotatable bonds is 6. The first kappa shape index (κ1) is 16.6. The molecule has 0 N–H and O–H groups in total. The second-order valence-electron chi connectivity index (χ2n) is 6.19. The molecule has 1 aliphatic carbocycles. The molecule has 1 amide bonds. The fourth-order valence-corrected chi connectivity index (χ4v) is 3.25. The molecule has 1 aromatic rings. The smallest absolute Gasteiger partial charge is 0.223 e. The number of amides is 1. The third kappa shape index (κ3) is 4.63. The summed E-state index contributed by atoms with van der Waals surface area (Å²) in [5, 5.41) is 0. The van der Waals surface area contributed by atoms with E-state index in [9.17, 15) is 4.79 Å². The highest BCUT2D eigenvalue weighted by Crippen LogP contribution is 2.23. The summed E-state index contributed by atoms with van der Waals surface area (Å²) in [6.45, 7) is 2.61. The van der Waals surface area contributed by atoms with Crippen LogP contribution in [0.15, 0.2) is 24.3 Å². The van der Waals surface area contributed by atoms with Crippen molar-refractivity contribution in [3.8, 4) is 12.3 Å². The summed E-state index contributed by atoms with van der Waals surface area (Å²) in [5.41, 5.74) is 2.57. The molecule has 0 aromatic heterocycles. The van der Waals surface area contributed by atoms with Gasteiger partial charge in [-0.05, 0) is 36.8 Å². The summed E-state index contributed by atoms with van der Waals surface area (Å²) in [7, 11) is 0. The van der Waals surface area contributed by atoms with Crippen LogP contribution < -0.4 is 0 Å². The summed E-state index contributed by atoms with van der Waals surface area (Å²) in [5.74, 6) is 2.88. The van der Waals surface area contributed by atoms with Crippen molar-refractivity contribution in [2.75, 3.05) is 6.54 Å². The van der Waals surface area contributed by atoms with Crippen LogP contribution in [-0.4, -0.2) is 23.4 Å². The Morgan fingerprint density at radius 1 is 1.18 bits per heavy atom. The van der Waals surface area contributed by atoms with E-state index in [0.29, 0.717) is 19.0 Å². The fraction of sp³-hybridized carbons (Fsp3) is 0.550. The molecule has 0 saturated heterocycles. The summed E-state index contributed by atoms with van der Waals surface area (Å²) < 4.78 is 0. The van der Waals surface area contributed by atoms with Gasteiger partial charge in [0.25, 0.3) is 0 Å². The fourth-order valence-electron chi connectivity index (χ4n) is 3.25. The molecule has 0 radical (unpaired) electrons. The average molecular weight is 297 g/mol. The Morgan fingerprint density at radius 3 is 2.41 bits per heavy atom. The van der Waals surface area contributed by atoms with Crippen molar-refractivity contribution in [2.45, 2.75) is 64.3 Å². The van der Waals surface area contributed by atoms with Crippen LogP contribution in [0.1, 0.15) is 56.6 Å². The predicted octanol–water partition coefficient (Wildman–Crippen LogP) is 3.98. The Balaban J connectivity index is 1.91. The molecule has 0 aliphatic heterocycles. The van der Waals surface area contributed by atoms with E-state index in [1.54, 1.807) is 0 Å². The van der Waals surface area contributed by atoms with Crippen molar-refractivity contribution < 1.29 is 4.79 Å². The average Bonchev–Trinajstić information content (AvgIpc) is 2.58. The third-order valence-corrected chi connectivity index (χ3v) is 4.66. The van der Waals surface area contributed by atoms with Gasteiger partial charge in [0.2, 0.25) is 5.91 Å². The number of terminal acetylenes is 1. The highest BCUT2D eigenvalue weighted by molar-refractivity contribution is 5.77. The van der Waals surface area contributed by atoms with E-state index in [2.05, 4.69) is 37.1 Å². The van der Waals surface area contributed by atoms with Gasteiger partial charge >= 0.3 is 0 Å². The summed E-state index contributed by atoms with van der Waals surface area (Å²) >= 11 is 0. The zero-order valence-corrected chi connectivity index (χ0v) is 13.7. The van der Waals surface area contributed by atoms with Crippen molar-refractivity contribution >= 4 is 5.91 Å². The van der Waals surface area contributed by atoms with Gasteiger partial charge in [0.15, 0.2) is 0 Å². The third-order valence-electron chi connectivity index (χ3n) is 4.66. The van der Waals surface area contributed by atoms with E-state index >= 15 is 0 Å². The Bertz CT molecular complexity index is 506. The number of hydrogen-bond donors (Lipinski definition) is 0. The van der Waals surface area contributed by atoms with Gasteiger partial charge in [-0.25, -0.2) is 0 Å². The molecule has 118 valence electrons. The van der Waals surface area contributed by atoms with E-state index < -0.39 is 0 Å². The molecule has 1 saturated carbocycles. The van der Waals surface area contributed by atoms with Crippen molar-refractivity contribution in [3.63, 3.8) is 0 Å². The van der Waals surface area contributed by atoms with Crippen molar-refractivity contribution in [1.29, 1.82) is 0 Å². The van der Waals surface area contributed by atoms with Gasteiger partial charge in [-0.2, -0.15) is 0 Å². The maximum Gasteiger partial charge on any atom is 0.223 e. The number of aryl methyl sites for hydroxylation is 2. The van der Waals surface area contributed by atoms with Crippen molar-refractivity contribution in [1.82, 2.24) is 4.90 Å². The van der Waals surface area contributed by atoms with E-state index in [1.807, 2.05) is 4.90 Å². The van der Waals surface area contributed by atoms with Gasteiger partial charge in [0.1, 0.15) is 0 Å². The van der Waals surface area contributed by atoms with Gasteiger partial charge in [-0.15, -0.1) is 6.42 Å². The van der Waals surface area contributed by atoms with Gasteiger partial charge in [-0.3, -0.25) is 4.79 Å². The minimum Gasteiger partial charge on any atom is -0.329 e. The van der Waals surface area contributed by atoms with E-state index in [1.165, 1.54) is 30.4 Å². The second kappa shape index (κ2) is 8.63. The van der Waals surface area contributed by atoms with Crippen LogP contribution in [-0.2, 0) is 17.6 Å². The Kier molecular flexibility index (Phi) is 6.52. The predicted molar refractivity (Wildman–Crippen MR) is 91.6 cm³/mol. The van der Waals surface area contributed by atoms with Crippen LogP contribution in [0.2, 0.25) is 0 Å². The van der Waals surface area contributed by atoms with Crippen LogP contribution in [0.3, 0.4) is 0 Å². The second-order valence-corrected chi connectivity index (χ2v) is 6.19. The molecule has 0 spiro atoms. The van der Waals surface area contributed by atoms with Crippen LogP contribution in [0.5, 0.6) is 0 Å². The first-order valence-electron chi connectivity index (χ1n) is 8.55. The first-order valence-corrected chi connectivity index (χ1v) is 8.55. The Labute approximate surface area is 134 Å². The lowest BCUT2D eigenvalue weighted by Crippen LogP contribution is -2.41. The molecule has 2 heteroatoms. The lowest BCUT2D eigenvalue weighted by molar-refractivity contribution is -0.133. The maximum absolute atomic E-state index is 12.6. The zero-order chi connectivity index (χ0) is 15.8. The van der Waals surface area contributed by atoms with Crippen molar-refractivity contribution in [3.05, 3.63) is 35.4 Å². The van der Waals surface area contributed by atoms with Gasteiger partial charge in [0, 0.05) is 12.5 Å². The normalized spacial score (nSPS) is 15.3. The summed E-state index contributed by atoms with van der Waals surface area (Å²) in [6, 6.07) is 8.94. The van der Waals surface area contributed by atoms with Crippen LogP contribution in [0.4, 0.5) is 0 Å². The number of benzene rings is 1. The highest BCUT2D eigenvalue weighted by atomic mass is 16.2. The molecule has 1 aromatic carbocycles.